The molecule has 166 valence electrons. The molecule has 0 spiro atoms. The second-order valence-electron chi connectivity index (χ2n) is 8.91. The van der Waals surface area contributed by atoms with Gasteiger partial charge < -0.3 is 19.5 Å². The number of carbonyl (C=O) groups excluding carboxylic acids is 2. The zero-order chi connectivity index (χ0) is 22.4. The minimum atomic E-state index is -0.608. The maximum Gasteiger partial charge on any atom is 0.408 e. The monoisotopic (exact) mass is 425 g/mol. The molecule has 6 heteroatoms. The molecule has 1 saturated heterocycles. The molecule has 3 atom stereocenters. The summed E-state index contributed by atoms with van der Waals surface area (Å²) in [6, 6.07) is 17.1. The summed E-state index contributed by atoms with van der Waals surface area (Å²) in [6.07, 6.45) is 0.709. The van der Waals surface area contributed by atoms with Crippen LogP contribution in [0.5, 0.6) is 5.75 Å². The Morgan fingerprint density at radius 2 is 1.84 bits per heavy atom. The van der Waals surface area contributed by atoms with Crippen LogP contribution in [-0.4, -0.2) is 36.9 Å². The van der Waals surface area contributed by atoms with E-state index >= 15 is 0 Å². The molecule has 1 aliphatic heterocycles. The highest BCUT2D eigenvalue weighted by Crippen LogP contribution is 2.29. The Hall–Kier alpha value is -3.02. The number of methoxy groups -OCH3 is 1. The zero-order valence-electron chi connectivity index (χ0n) is 18.6. The Bertz CT molecular complexity index is 890. The summed E-state index contributed by atoms with van der Waals surface area (Å²) in [5.41, 5.74) is 1.46. The number of benzene rings is 2. The molecule has 2 aromatic rings. The van der Waals surface area contributed by atoms with Gasteiger partial charge in [-0.2, -0.15) is 0 Å². The van der Waals surface area contributed by atoms with Gasteiger partial charge in [0.1, 0.15) is 17.5 Å². The maximum absolute atomic E-state index is 12.6. The van der Waals surface area contributed by atoms with Gasteiger partial charge in [0.2, 0.25) is 0 Å². The number of ether oxygens (including phenoxy) is 3. The molecular formula is C25H31NO5. The summed E-state index contributed by atoms with van der Waals surface area (Å²) in [5.74, 6) is 0.252. The summed E-state index contributed by atoms with van der Waals surface area (Å²) >= 11 is 0. The molecule has 1 heterocycles. The predicted molar refractivity (Wildman–Crippen MR) is 118 cm³/mol. The summed E-state index contributed by atoms with van der Waals surface area (Å²) in [5, 5.41) is 2.93. The fraction of sp³-hybridized carbons (Fsp3) is 0.440. The molecule has 1 fully saturated rings. The minimum absolute atomic E-state index is 0.239. The van der Waals surface area contributed by atoms with Crippen LogP contribution in [0.15, 0.2) is 54.6 Å². The van der Waals surface area contributed by atoms with Crippen LogP contribution in [0.4, 0.5) is 4.79 Å². The third kappa shape index (κ3) is 6.74. The summed E-state index contributed by atoms with van der Waals surface area (Å²) in [4.78, 5) is 25.1. The van der Waals surface area contributed by atoms with Gasteiger partial charge >= 0.3 is 12.1 Å². The van der Waals surface area contributed by atoms with E-state index in [0.29, 0.717) is 19.3 Å². The molecule has 2 aromatic carbocycles. The van der Waals surface area contributed by atoms with Crippen molar-refractivity contribution in [1.82, 2.24) is 5.32 Å². The molecule has 0 aromatic heterocycles. The van der Waals surface area contributed by atoms with Crippen LogP contribution < -0.4 is 10.1 Å². The zero-order valence-corrected chi connectivity index (χ0v) is 18.6. The van der Waals surface area contributed by atoms with E-state index in [0.717, 1.165) is 16.9 Å². The van der Waals surface area contributed by atoms with Crippen molar-refractivity contribution >= 4 is 12.1 Å². The highest BCUT2D eigenvalue weighted by atomic mass is 16.6. The largest absolute Gasteiger partial charge is 0.497 e. The smallest absolute Gasteiger partial charge is 0.408 e. The lowest BCUT2D eigenvalue weighted by atomic mass is 9.92. The standard InChI is InChI=1S/C25H31NO5/c1-25(2,3)31-24(28)26-21(15-17-9-6-5-7-10-17)22-16-19(23(27)30-22)13-18-11-8-12-20(14-18)29-4/h5-12,14,19,21-22H,13,15-16H2,1-4H3,(H,26,28)/t19-,21+,22+/m1/s1. The molecule has 3 rings (SSSR count). The van der Waals surface area contributed by atoms with Gasteiger partial charge in [-0.1, -0.05) is 42.5 Å². The van der Waals surface area contributed by atoms with Gasteiger partial charge in [0, 0.05) is 6.42 Å². The van der Waals surface area contributed by atoms with Gasteiger partial charge in [0.15, 0.2) is 0 Å². The van der Waals surface area contributed by atoms with Gasteiger partial charge in [-0.05, 0) is 56.9 Å². The van der Waals surface area contributed by atoms with Crippen LogP contribution in [0, 0.1) is 5.92 Å². The van der Waals surface area contributed by atoms with Gasteiger partial charge in [0.05, 0.1) is 19.1 Å². The van der Waals surface area contributed by atoms with Crippen molar-refractivity contribution in [2.24, 2.45) is 5.92 Å². The number of nitrogens with one attached hydrogen (secondary N) is 1. The van der Waals surface area contributed by atoms with Gasteiger partial charge in [-0.3, -0.25) is 4.79 Å². The second kappa shape index (κ2) is 9.86. The minimum Gasteiger partial charge on any atom is -0.497 e. The fourth-order valence-electron chi connectivity index (χ4n) is 3.77. The van der Waals surface area contributed by atoms with Crippen molar-refractivity contribution < 1.29 is 23.8 Å². The number of cyclic esters (lactones) is 1. The van der Waals surface area contributed by atoms with Gasteiger partial charge in [-0.15, -0.1) is 0 Å². The van der Waals surface area contributed by atoms with Crippen LogP contribution >= 0.6 is 0 Å². The number of alkyl carbamates (subject to hydrolysis) is 1. The van der Waals surface area contributed by atoms with Crippen molar-refractivity contribution in [1.29, 1.82) is 0 Å². The molecule has 1 amide bonds. The van der Waals surface area contributed by atoms with E-state index in [1.165, 1.54) is 0 Å². The lowest BCUT2D eigenvalue weighted by molar-refractivity contribution is -0.145. The first-order valence-electron chi connectivity index (χ1n) is 10.6. The number of hydrogen-bond donors (Lipinski definition) is 1. The van der Waals surface area contributed by atoms with Crippen LogP contribution in [0.25, 0.3) is 0 Å². The lowest BCUT2D eigenvalue weighted by Crippen LogP contribution is -2.46. The average Bonchev–Trinajstić information content (AvgIpc) is 3.07. The highest BCUT2D eigenvalue weighted by molar-refractivity contribution is 5.75. The lowest BCUT2D eigenvalue weighted by Gasteiger charge is -2.26. The van der Waals surface area contributed by atoms with Crippen LogP contribution in [-0.2, 0) is 27.1 Å². The number of esters is 1. The Labute approximate surface area is 183 Å². The normalized spacial score (nSPS) is 19.4. The number of rotatable bonds is 7. The van der Waals surface area contributed by atoms with Crippen molar-refractivity contribution in [3.8, 4) is 5.75 Å². The molecule has 31 heavy (non-hydrogen) atoms. The van der Waals surface area contributed by atoms with Crippen LogP contribution in [0.1, 0.15) is 38.3 Å². The molecule has 0 radical (unpaired) electrons. The Morgan fingerprint density at radius 1 is 1.13 bits per heavy atom. The molecule has 0 unspecified atom stereocenters. The fourth-order valence-corrected chi connectivity index (χ4v) is 3.77. The first kappa shape index (κ1) is 22.7. The Kier molecular flexibility index (Phi) is 7.21. The first-order chi connectivity index (χ1) is 14.7. The maximum atomic E-state index is 12.6. The van der Waals surface area contributed by atoms with E-state index in [1.54, 1.807) is 7.11 Å². The van der Waals surface area contributed by atoms with Crippen molar-refractivity contribution in [2.75, 3.05) is 7.11 Å². The molecule has 1 N–H and O–H groups in total. The molecule has 0 bridgehead atoms. The van der Waals surface area contributed by atoms with E-state index in [1.807, 2.05) is 75.4 Å². The van der Waals surface area contributed by atoms with Gasteiger partial charge in [0.25, 0.3) is 0 Å². The van der Waals surface area contributed by atoms with Crippen molar-refractivity contribution in [3.63, 3.8) is 0 Å². The Balaban J connectivity index is 1.72. The second-order valence-corrected chi connectivity index (χ2v) is 8.91. The van der Waals surface area contributed by atoms with E-state index in [9.17, 15) is 9.59 Å². The first-order valence-corrected chi connectivity index (χ1v) is 10.6. The highest BCUT2D eigenvalue weighted by Gasteiger charge is 2.40. The molecular weight excluding hydrogens is 394 g/mol. The van der Waals surface area contributed by atoms with E-state index in [-0.39, 0.29) is 17.9 Å². The predicted octanol–water partition coefficient (Wildman–Crippen LogP) is 4.31. The molecule has 6 nitrogen and oxygen atoms in total. The number of carbonyl (C=O) groups is 2. The van der Waals surface area contributed by atoms with E-state index < -0.39 is 17.8 Å². The Morgan fingerprint density at radius 3 is 2.52 bits per heavy atom. The summed E-state index contributed by atoms with van der Waals surface area (Å²) in [7, 11) is 1.62. The van der Waals surface area contributed by atoms with Crippen LogP contribution in [0.2, 0.25) is 0 Å². The molecule has 0 saturated carbocycles. The molecule has 1 aliphatic rings. The molecule has 0 aliphatic carbocycles. The SMILES string of the molecule is COc1cccc(C[C@@H]2C[C@@H]([C@H](Cc3ccccc3)NC(=O)OC(C)(C)C)OC2=O)c1. The third-order valence-electron chi connectivity index (χ3n) is 5.18. The number of hydrogen-bond acceptors (Lipinski definition) is 5. The van der Waals surface area contributed by atoms with E-state index in [4.69, 9.17) is 14.2 Å². The van der Waals surface area contributed by atoms with Crippen molar-refractivity contribution in [3.05, 3.63) is 65.7 Å². The van der Waals surface area contributed by atoms with Gasteiger partial charge in [-0.25, -0.2) is 4.79 Å². The average molecular weight is 426 g/mol. The van der Waals surface area contributed by atoms with Crippen LogP contribution in [0.3, 0.4) is 0 Å². The summed E-state index contributed by atoms with van der Waals surface area (Å²) in [6.45, 7) is 5.45. The summed E-state index contributed by atoms with van der Waals surface area (Å²) < 4.78 is 16.4. The van der Waals surface area contributed by atoms with Crippen molar-refractivity contribution in [2.45, 2.75) is 57.8 Å². The van der Waals surface area contributed by atoms with E-state index in [2.05, 4.69) is 5.32 Å². The topological polar surface area (TPSA) is 73.9 Å². The third-order valence-corrected chi connectivity index (χ3v) is 5.18. The quantitative estimate of drug-likeness (QED) is 0.670. The number of amides is 1.